The summed E-state index contributed by atoms with van der Waals surface area (Å²) in [5, 5.41) is 0. The second kappa shape index (κ2) is 4.45. The Bertz CT molecular complexity index is 573. The molecule has 0 bridgehead atoms. The van der Waals surface area contributed by atoms with Crippen LogP contribution in [0.2, 0.25) is 0 Å². The third-order valence-electron chi connectivity index (χ3n) is 1.52. The molecule has 1 aromatic rings. The molecule has 0 radical (unpaired) electrons. The molecule has 0 aliphatic carbocycles. The van der Waals surface area contributed by atoms with Gasteiger partial charge >= 0.3 is 20.7 Å². The predicted octanol–water partition coefficient (Wildman–Crippen LogP) is 0.661. The van der Waals surface area contributed by atoms with E-state index >= 15 is 0 Å². The highest BCUT2D eigenvalue weighted by Gasteiger charge is 2.14. The first kappa shape index (κ1) is 13.6. The van der Waals surface area contributed by atoms with Gasteiger partial charge in [-0.2, -0.15) is 16.8 Å². The van der Waals surface area contributed by atoms with Crippen LogP contribution in [0.3, 0.4) is 0 Å². The third-order valence-corrected chi connectivity index (χ3v) is 2.59. The van der Waals surface area contributed by atoms with E-state index in [0.29, 0.717) is 0 Å². The number of anilines is 1. The number of benzene rings is 1. The highest BCUT2D eigenvalue weighted by Crippen LogP contribution is 2.22. The van der Waals surface area contributed by atoms with Crippen LogP contribution in [0.15, 0.2) is 18.2 Å². The molecule has 0 amide bonds. The zero-order chi connectivity index (χ0) is 13.3. The molecule has 0 spiro atoms. The quantitative estimate of drug-likeness (QED) is 0.644. The number of hydrogen-bond acceptors (Lipinski definition) is 6. The molecule has 0 aromatic heterocycles. The van der Waals surface area contributed by atoms with E-state index in [4.69, 9.17) is 5.73 Å². The van der Waals surface area contributed by atoms with E-state index in [9.17, 15) is 24.6 Å². The van der Waals surface area contributed by atoms with Crippen molar-refractivity contribution >= 4 is 26.4 Å². The van der Waals surface area contributed by atoms with E-state index < -0.39 is 32.2 Å². The second-order valence-electron chi connectivity index (χ2n) is 3.07. The van der Waals surface area contributed by atoms with E-state index in [1.54, 1.807) is 0 Å². The van der Waals surface area contributed by atoms with E-state index in [1.807, 2.05) is 0 Å². The van der Waals surface area contributed by atoms with Crippen molar-refractivity contribution in [2.45, 2.75) is 5.75 Å². The number of hydrogen-bond donors (Lipinski definition) is 1. The van der Waals surface area contributed by atoms with Gasteiger partial charge in [0, 0.05) is 11.8 Å². The molecule has 0 unspecified atom stereocenters. The van der Waals surface area contributed by atoms with Gasteiger partial charge in [-0.15, -0.1) is 3.89 Å². The van der Waals surface area contributed by atoms with Crippen molar-refractivity contribution in [3.63, 3.8) is 0 Å². The molecule has 0 saturated heterocycles. The van der Waals surface area contributed by atoms with Crippen LogP contribution in [-0.4, -0.2) is 16.8 Å². The maximum Gasteiger partial charge on any atom is 0.488 e. The van der Waals surface area contributed by atoms with Crippen molar-refractivity contribution in [2.24, 2.45) is 0 Å². The van der Waals surface area contributed by atoms with Gasteiger partial charge in [0.2, 0.25) is 0 Å². The minimum atomic E-state index is -5.25. The maximum atomic E-state index is 12.4. The summed E-state index contributed by atoms with van der Waals surface area (Å²) in [5.41, 5.74) is 5.03. The Labute approximate surface area is 96.6 Å². The molecule has 10 heteroatoms. The van der Waals surface area contributed by atoms with Crippen LogP contribution in [0.5, 0.6) is 5.75 Å². The Hall–Kier alpha value is -1.42. The summed E-state index contributed by atoms with van der Waals surface area (Å²) in [6.07, 6.45) is 0. The van der Waals surface area contributed by atoms with Crippen molar-refractivity contribution in [2.75, 3.05) is 5.73 Å². The first-order chi connectivity index (χ1) is 7.55. The lowest BCUT2D eigenvalue weighted by Gasteiger charge is -2.04. The average molecular weight is 287 g/mol. The molecule has 1 rings (SSSR count). The summed E-state index contributed by atoms with van der Waals surface area (Å²) in [7, 11) is -10.1. The van der Waals surface area contributed by atoms with Crippen molar-refractivity contribution < 1.29 is 28.8 Å². The molecule has 96 valence electrons. The molecule has 0 aliphatic rings. The van der Waals surface area contributed by atoms with Gasteiger partial charge in [-0.1, -0.05) is 3.89 Å². The zero-order valence-corrected chi connectivity index (χ0v) is 9.76. The fraction of sp³-hybridized carbons (Fsp3) is 0.143. The van der Waals surface area contributed by atoms with Gasteiger partial charge in [0.1, 0.15) is 11.5 Å². The van der Waals surface area contributed by atoms with Crippen molar-refractivity contribution in [3.05, 3.63) is 23.8 Å². The van der Waals surface area contributed by atoms with Crippen LogP contribution >= 0.6 is 0 Å². The third kappa shape index (κ3) is 5.45. The minimum Gasteiger partial charge on any atom is -0.399 e. The molecule has 6 nitrogen and oxygen atoms in total. The zero-order valence-electron chi connectivity index (χ0n) is 8.13. The average Bonchev–Trinajstić information content (AvgIpc) is 1.93. The van der Waals surface area contributed by atoms with Gasteiger partial charge < -0.3 is 9.92 Å². The Morgan fingerprint density at radius 2 is 1.71 bits per heavy atom. The molecule has 0 atom stereocenters. The SMILES string of the molecule is Nc1cc(CS(=O)(=O)F)cc(OS(=O)(=O)F)c1. The van der Waals surface area contributed by atoms with Gasteiger partial charge in [0.15, 0.2) is 0 Å². The smallest absolute Gasteiger partial charge is 0.399 e. The lowest BCUT2D eigenvalue weighted by Crippen LogP contribution is -2.03. The Morgan fingerprint density at radius 1 is 1.12 bits per heavy atom. The van der Waals surface area contributed by atoms with Crippen LogP contribution in [0.4, 0.5) is 13.5 Å². The molecule has 0 fully saturated rings. The Balaban J connectivity index is 3.11. The van der Waals surface area contributed by atoms with Crippen LogP contribution in [0.1, 0.15) is 5.56 Å². The lowest BCUT2D eigenvalue weighted by molar-refractivity contribution is 0.440. The highest BCUT2D eigenvalue weighted by atomic mass is 32.3. The van der Waals surface area contributed by atoms with E-state index in [0.717, 1.165) is 18.2 Å². The summed E-state index contributed by atoms with van der Waals surface area (Å²) in [6, 6.07) is 2.89. The van der Waals surface area contributed by atoms with E-state index in [-0.39, 0.29) is 11.3 Å². The van der Waals surface area contributed by atoms with Gasteiger partial charge in [-0.3, -0.25) is 0 Å². The van der Waals surface area contributed by atoms with Crippen molar-refractivity contribution in [1.82, 2.24) is 0 Å². The molecule has 17 heavy (non-hydrogen) atoms. The lowest BCUT2D eigenvalue weighted by atomic mass is 10.2. The van der Waals surface area contributed by atoms with Crippen molar-refractivity contribution in [3.8, 4) is 5.75 Å². The molecule has 0 aliphatic heterocycles. The van der Waals surface area contributed by atoms with Crippen LogP contribution in [0, 0.1) is 0 Å². The first-order valence-corrected chi connectivity index (χ1v) is 6.87. The summed E-state index contributed by atoms with van der Waals surface area (Å²) in [6.45, 7) is 0. The highest BCUT2D eigenvalue weighted by molar-refractivity contribution is 7.85. The summed E-state index contributed by atoms with van der Waals surface area (Å²) in [5.74, 6) is -1.55. The topological polar surface area (TPSA) is 104 Å². The summed E-state index contributed by atoms with van der Waals surface area (Å²) < 4.78 is 69.5. The number of halogens is 2. The fourth-order valence-electron chi connectivity index (χ4n) is 1.13. The molecular weight excluding hydrogens is 280 g/mol. The number of nitrogen functional groups attached to an aromatic ring is 1. The van der Waals surface area contributed by atoms with Crippen LogP contribution in [0.25, 0.3) is 0 Å². The van der Waals surface area contributed by atoms with E-state index in [2.05, 4.69) is 4.18 Å². The monoisotopic (exact) mass is 287 g/mol. The van der Waals surface area contributed by atoms with Gasteiger partial charge in [0.05, 0.1) is 0 Å². The van der Waals surface area contributed by atoms with E-state index in [1.165, 1.54) is 0 Å². The standard InChI is InChI=1S/C7H7F2NO5S2/c8-16(11,12)4-5-1-6(10)3-7(2-5)15-17(9,13)14/h1-3H,4,10H2. The minimum absolute atomic E-state index is 0.0928. The second-order valence-corrected chi connectivity index (χ2v) is 5.39. The van der Waals surface area contributed by atoms with Gasteiger partial charge in [-0.05, 0) is 17.7 Å². The predicted molar refractivity (Wildman–Crippen MR) is 55.2 cm³/mol. The van der Waals surface area contributed by atoms with Crippen LogP contribution in [-0.2, 0) is 26.5 Å². The normalized spacial score (nSPS) is 12.4. The largest absolute Gasteiger partial charge is 0.488 e. The summed E-state index contributed by atoms with van der Waals surface area (Å²) in [4.78, 5) is 0. The molecule has 1 aromatic carbocycles. The molecular formula is C7H7F2NO5S2. The number of rotatable bonds is 4. The number of nitrogens with two attached hydrogens (primary N) is 1. The molecule has 2 N–H and O–H groups in total. The maximum absolute atomic E-state index is 12.4. The van der Waals surface area contributed by atoms with Crippen molar-refractivity contribution in [1.29, 1.82) is 0 Å². The van der Waals surface area contributed by atoms with Gasteiger partial charge in [-0.25, -0.2) is 0 Å². The first-order valence-electron chi connectivity index (χ1n) is 4.01. The summed E-state index contributed by atoms with van der Waals surface area (Å²) >= 11 is 0. The Morgan fingerprint density at radius 3 is 2.18 bits per heavy atom. The molecule has 0 saturated carbocycles. The van der Waals surface area contributed by atoms with Crippen LogP contribution < -0.4 is 9.92 Å². The Kier molecular flexibility index (Phi) is 3.57. The molecule has 0 heterocycles. The van der Waals surface area contributed by atoms with Gasteiger partial charge in [0.25, 0.3) is 0 Å². The fourth-order valence-corrected chi connectivity index (χ4v) is 2.02.